The SMILES string of the molecule is CCN(CC)S(=O)(=O)c1ccc(NC(=O)C[NH+]2CC[C@@H]3CCCC[C@@H]3C2)cc1. The fourth-order valence-corrected chi connectivity index (χ4v) is 6.27. The van der Waals surface area contributed by atoms with Gasteiger partial charge in [-0.05, 0) is 49.4 Å². The summed E-state index contributed by atoms with van der Waals surface area (Å²) in [6.07, 6.45) is 6.64. The Bertz CT molecular complexity index is 760. The number of rotatable bonds is 7. The lowest BCUT2D eigenvalue weighted by molar-refractivity contribution is -0.902. The van der Waals surface area contributed by atoms with Crippen LogP contribution in [-0.4, -0.2) is 51.4 Å². The second-order valence-corrected chi connectivity index (χ2v) is 10.1. The second kappa shape index (κ2) is 9.37. The lowest BCUT2D eigenvalue weighted by Crippen LogP contribution is -3.15. The second-order valence-electron chi connectivity index (χ2n) is 8.14. The van der Waals surface area contributed by atoms with Crippen LogP contribution in [0.15, 0.2) is 29.2 Å². The third-order valence-corrected chi connectivity index (χ3v) is 8.44. The van der Waals surface area contributed by atoms with Crippen molar-refractivity contribution in [2.75, 3.05) is 38.0 Å². The predicted molar refractivity (Wildman–Crippen MR) is 111 cm³/mol. The lowest BCUT2D eigenvalue weighted by Gasteiger charge is -2.38. The molecule has 7 heteroatoms. The van der Waals surface area contributed by atoms with Gasteiger partial charge in [-0.25, -0.2) is 8.42 Å². The quantitative estimate of drug-likeness (QED) is 0.722. The van der Waals surface area contributed by atoms with E-state index in [2.05, 4.69) is 5.32 Å². The Morgan fingerprint density at radius 1 is 1.07 bits per heavy atom. The molecule has 0 radical (unpaired) electrons. The molecule has 1 aromatic carbocycles. The highest BCUT2D eigenvalue weighted by Gasteiger charge is 2.34. The molecule has 1 heterocycles. The molecule has 1 unspecified atom stereocenters. The number of amides is 1. The number of piperidine rings is 1. The van der Waals surface area contributed by atoms with Gasteiger partial charge in [-0.3, -0.25) is 4.79 Å². The Morgan fingerprint density at radius 2 is 1.71 bits per heavy atom. The molecule has 1 saturated carbocycles. The number of fused-ring (bicyclic) bond motifs is 1. The van der Waals surface area contributed by atoms with Crippen LogP contribution in [0.4, 0.5) is 5.69 Å². The molecule has 3 atom stereocenters. The molecule has 156 valence electrons. The molecule has 0 aromatic heterocycles. The number of nitrogens with one attached hydrogen (secondary N) is 2. The van der Waals surface area contributed by atoms with Gasteiger partial charge in [-0.2, -0.15) is 4.31 Å². The predicted octanol–water partition coefficient (Wildman–Crippen LogP) is 1.75. The zero-order chi connectivity index (χ0) is 20.1. The van der Waals surface area contributed by atoms with Crippen molar-refractivity contribution in [3.05, 3.63) is 24.3 Å². The van der Waals surface area contributed by atoms with Crippen LogP contribution in [0.1, 0.15) is 46.0 Å². The van der Waals surface area contributed by atoms with E-state index in [-0.39, 0.29) is 10.8 Å². The van der Waals surface area contributed by atoms with E-state index in [0.717, 1.165) is 24.9 Å². The molecular weight excluding hydrogens is 374 g/mol. The molecule has 2 N–H and O–H groups in total. The van der Waals surface area contributed by atoms with E-state index in [1.54, 1.807) is 24.3 Å². The van der Waals surface area contributed by atoms with Gasteiger partial charge in [0, 0.05) is 24.7 Å². The standard InChI is InChI=1S/C21H33N3O3S/c1-3-24(4-2)28(26,27)20-11-9-19(10-12-20)22-21(25)16-23-14-13-17-7-5-6-8-18(17)15-23/h9-12,17-18H,3-8,13-16H2,1-2H3,(H,22,25)/p+1/t17-,18+/m0/s1. The highest BCUT2D eigenvalue weighted by atomic mass is 32.2. The smallest absolute Gasteiger partial charge is 0.279 e. The molecule has 2 aliphatic rings. The van der Waals surface area contributed by atoms with Crippen molar-refractivity contribution in [3.63, 3.8) is 0 Å². The van der Waals surface area contributed by atoms with Gasteiger partial charge in [-0.1, -0.05) is 26.7 Å². The summed E-state index contributed by atoms with van der Waals surface area (Å²) in [4.78, 5) is 14.1. The van der Waals surface area contributed by atoms with Crippen LogP contribution in [0.3, 0.4) is 0 Å². The number of carbonyl (C=O) groups excluding carboxylic acids is 1. The molecule has 1 amide bonds. The van der Waals surface area contributed by atoms with Crippen LogP contribution in [0.2, 0.25) is 0 Å². The molecular formula is C21H34N3O3S+. The Morgan fingerprint density at radius 3 is 2.36 bits per heavy atom. The summed E-state index contributed by atoms with van der Waals surface area (Å²) in [7, 11) is -3.46. The Balaban J connectivity index is 1.54. The number of likely N-dealkylation sites (tertiary alicyclic amines) is 1. The van der Waals surface area contributed by atoms with E-state index in [0.29, 0.717) is 25.3 Å². The molecule has 0 spiro atoms. The number of hydrogen-bond donors (Lipinski definition) is 2. The van der Waals surface area contributed by atoms with Crippen molar-refractivity contribution >= 4 is 21.6 Å². The summed E-state index contributed by atoms with van der Waals surface area (Å²) in [5.41, 5.74) is 0.649. The van der Waals surface area contributed by atoms with E-state index in [1.807, 2.05) is 13.8 Å². The van der Waals surface area contributed by atoms with Gasteiger partial charge < -0.3 is 10.2 Å². The van der Waals surface area contributed by atoms with Crippen molar-refractivity contribution in [2.45, 2.75) is 50.8 Å². The third kappa shape index (κ3) is 4.93. The highest BCUT2D eigenvalue weighted by Crippen LogP contribution is 2.32. The van der Waals surface area contributed by atoms with Crippen LogP contribution >= 0.6 is 0 Å². The molecule has 2 fully saturated rings. The van der Waals surface area contributed by atoms with Crippen molar-refractivity contribution in [2.24, 2.45) is 11.8 Å². The lowest BCUT2D eigenvalue weighted by atomic mass is 9.75. The van der Waals surface area contributed by atoms with Crippen molar-refractivity contribution in [3.8, 4) is 0 Å². The van der Waals surface area contributed by atoms with Gasteiger partial charge >= 0.3 is 0 Å². The number of quaternary nitrogens is 1. The van der Waals surface area contributed by atoms with Gasteiger partial charge in [0.1, 0.15) is 0 Å². The van der Waals surface area contributed by atoms with Crippen LogP contribution < -0.4 is 10.2 Å². The highest BCUT2D eigenvalue weighted by molar-refractivity contribution is 7.89. The van der Waals surface area contributed by atoms with Gasteiger partial charge in [0.05, 0.1) is 18.0 Å². The third-order valence-electron chi connectivity index (χ3n) is 6.38. The minimum absolute atomic E-state index is 0.00334. The minimum atomic E-state index is -3.46. The maximum atomic E-state index is 12.5. The monoisotopic (exact) mass is 408 g/mol. The Kier molecular flexibility index (Phi) is 7.12. The zero-order valence-electron chi connectivity index (χ0n) is 17.1. The van der Waals surface area contributed by atoms with E-state index in [9.17, 15) is 13.2 Å². The minimum Gasteiger partial charge on any atom is -0.327 e. The topological polar surface area (TPSA) is 70.9 Å². The fraction of sp³-hybridized carbons (Fsp3) is 0.667. The van der Waals surface area contributed by atoms with Crippen molar-refractivity contribution in [1.82, 2.24) is 4.31 Å². The first kappa shape index (κ1) is 21.3. The summed E-state index contributed by atoms with van der Waals surface area (Å²) < 4.78 is 26.5. The molecule has 1 aliphatic carbocycles. The van der Waals surface area contributed by atoms with Crippen molar-refractivity contribution < 1.29 is 18.1 Å². The average molecular weight is 409 g/mol. The molecule has 6 nitrogen and oxygen atoms in total. The fourth-order valence-electron chi connectivity index (χ4n) is 4.81. The summed E-state index contributed by atoms with van der Waals surface area (Å²) in [5, 5.41) is 2.93. The van der Waals surface area contributed by atoms with Crippen molar-refractivity contribution in [1.29, 1.82) is 0 Å². The number of carbonyl (C=O) groups is 1. The van der Waals surface area contributed by atoms with Crippen LogP contribution in [-0.2, 0) is 14.8 Å². The van der Waals surface area contributed by atoms with Crippen LogP contribution in [0.25, 0.3) is 0 Å². The Hall–Kier alpha value is -1.44. The van der Waals surface area contributed by atoms with E-state index in [1.165, 1.54) is 41.3 Å². The summed E-state index contributed by atoms with van der Waals surface area (Å²) in [5.74, 6) is 1.67. The van der Waals surface area contributed by atoms with Crippen LogP contribution in [0.5, 0.6) is 0 Å². The molecule has 1 aromatic rings. The van der Waals surface area contributed by atoms with Gasteiger partial charge in [-0.15, -0.1) is 0 Å². The first-order valence-corrected chi connectivity index (χ1v) is 12.1. The zero-order valence-corrected chi connectivity index (χ0v) is 17.9. The van der Waals surface area contributed by atoms with E-state index >= 15 is 0 Å². The number of hydrogen-bond acceptors (Lipinski definition) is 3. The number of anilines is 1. The van der Waals surface area contributed by atoms with E-state index in [4.69, 9.17) is 0 Å². The van der Waals surface area contributed by atoms with Gasteiger partial charge in [0.15, 0.2) is 6.54 Å². The molecule has 3 rings (SSSR count). The molecule has 0 bridgehead atoms. The number of benzene rings is 1. The number of sulfonamides is 1. The summed E-state index contributed by atoms with van der Waals surface area (Å²) in [6, 6.07) is 6.50. The first-order chi connectivity index (χ1) is 13.4. The van der Waals surface area contributed by atoms with Crippen LogP contribution in [0, 0.1) is 11.8 Å². The molecule has 28 heavy (non-hydrogen) atoms. The first-order valence-electron chi connectivity index (χ1n) is 10.7. The van der Waals surface area contributed by atoms with Gasteiger partial charge in [0.25, 0.3) is 5.91 Å². The number of nitrogens with zero attached hydrogens (tertiary/aromatic N) is 1. The summed E-state index contributed by atoms with van der Waals surface area (Å²) in [6.45, 7) is 7.22. The molecule has 1 aliphatic heterocycles. The van der Waals surface area contributed by atoms with E-state index < -0.39 is 10.0 Å². The summed E-state index contributed by atoms with van der Waals surface area (Å²) >= 11 is 0. The average Bonchev–Trinajstić information content (AvgIpc) is 2.69. The normalized spacial score (nSPS) is 25.3. The maximum Gasteiger partial charge on any atom is 0.279 e. The molecule has 1 saturated heterocycles. The Labute approximate surface area is 169 Å². The van der Waals surface area contributed by atoms with Gasteiger partial charge in [0.2, 0.25) is 10.0 Å². The largest absolute Gasteiger partial charge is 0.327 e. The maximum absolute atomic E-state index is 12.5.